The van der Waals surface area contributed by atoms with E-state index in [9.17, 15) is 4.79 Å². The van der Waals surface area contributed by atoms with E-state index < -0.39 is 0 Å². The Morgan fingerprint density at radius 3 is 3.00 bits per heavy atom. The van der Waals surface area contributed by atoms with Gasteiger partial charge in [-0.25, -0.2) is 4.98 Å². The van der Waals surface area contributed by atoms with Crippen LogP contribution in [0.3, 0.4) is 0 Å². The molecule has 14 heavy (non-hydrogen) atoms. The second-order valence-electron chi connectivity index (χ2n) is 2.62. The number of rotatable bonds is 3. The quantitative estimate of drug-likeness (QED) is 0.792. The van der Waals surface area contributed by atoms with Gasteiger partial charge in [0.05, 0.1) is 0 Å². The summed E-state index contributed by atoms with van der Waals surface area (Å²) in [5.74, 6) is 0.714. The number of carbonyl (C=O) groups is 1. The molecular weight excluding hydrogens is 262 g/mol. The summed E-state index contributed by atoms with van der Waals surface area (Å²) in [4.78, 5) is 14.7. The van der Waals surface area contributed by atoms with Crippen molar-refractivity contribution in [2.75, 3.05) is 5.75 Å². The standard InChI is InChI=1S/C10H10BrNOS/c1-8(13)14-6-2-3-9-4-5-10(11)12-7-9/h2-5,7H,6H2,1H3. The minimum atomic E-state index is 0.142. The van der Waals surface area contributed by atoms with Crippen LogP contribution in [-0.4, -0.2) is 15.9 Å². The highest BCUT2D eigenvalue weighted by molar-refractivity contribution is 9.10. The van der Waals surface area contributed by atoms with Gasteiger partial charge in [-0.15, -0.1) is 0 Å². The van der Waals surface area contributed by atoms with E-state index in [2.05, 4.69) is 20.9 Å². The summed E-state index contributed by atoms with van der Waals surface area (Å²) in [7, 11) is 0. The Bertz CT molecular complexity index is 334. The summed E-state index contributed by atoms with van der Waals surface area (Å²) in [5.41, 5.74) is 1.04. The fourth-order valence-electron chi connectivity index (χ4n) is 0.836. The highest BCUT2D eigenvalue weighted by Gasteiger charge is 1.90. The fourth-order valence-corrected chi connectivity index (χ4v) is 1.50. The van der Waals surface area contributed by atoms with Gasteiger partial charge in [-0.05, 0) is 27.6 Å². The topological polar surface area (TPSA) is 30.0 Å². The molecule has 74 valence electrons. The molecule has 0 saturated heterocycles. The third kappa shape index (κ3) is 4.58. The molecular formula is C10H10BrNOS. The summed E-state index contributed by atoms with van der Waals surface area (Å²) in [6, 6.07) is 3.85. The lowest BCUT2D eigenvalue weighted by Crippen LogP contribution is -1.82. The first-order valence-corrected chi connectivity index (χ1v) is 5.88. The predicted molar refractivity (Wildman–Crippen MR) is 64.1 cm³/mol. The predicted octanol–water partition coefficient (Wildman–Crippen LogP) is 3.14. The normalized spacial score (nSPS) is 10.7. The maximum atomic E-state index is 10.6. The van der Waals surface area contributed by atoms with Gasteiger partial charge in [0.15, 0.2) is 5.12 Å². The Balaban J connectivity index is 2.44. The number of halogens is 1. The molecule has 0 atom stereocenters. The van der Waals surface area contributed by atoms with E-state index >= 15 is 0 Å². The molecule has 0 saturated carbocycles. The molecule has 1 heterocycles. The maximum absolute atomic E-state index is 10.6. The van der Waals surface area contributed by atoms with Crippen LogP contribution < -0.4 is 0 Å². The van der Waals surface area contributed by atoms with Crippen molar-refractivity contribution in [2.24, 2.45) is 0 Å². The zero-order chi connectivity index (χ0) is 10.4. The number of hydrogen-bond acceptors (Lipinski definition) is 3. The maximum Gasteiger partial charge on any atom is 0.186 e. The molecule has 2 nitrogen and oxygen atoms in total. The molecule has 0 unspecified atom stereocenters. The fraction of sp³-hybridized carbons (Fsp3) is 0.200. The zero-order valence-electron chi connectivity index (χ0n) is 7.74. The molecule has 1 aromatic heterocycles. The van der Waals surface area contributed by atoms with Crippen molar-refractivity contribution in [3.63, 3.8) is 0 Å². The molecule has 1 rings (SSSR count). The van der Waals surface area contributed by atoms with Crippen LogP contribution in [0.4, 0.5) is 0 Å². The van der Waals surface area contributed by atoms with Crippen molar-refractivity contribution in [2.45, 2.75) is 6.92 Å². The molecule has 0 radical (unpaired) electrons. The van der Waals surface area contributed by atoms with Gasteiger partial charge in [-0.1, -0.05) is 30.0 Å². The molecule has 0 aliphatic heterocycles. The van der Waals surface area contributed by atoms with Gasteiger partial charge in [-0.3, -0.25) is 4.79 Å². The van der Waals surface area contributed by atoms with Gasteiger partial charge >= 0.3 is 0 Å². The van der Waals surface area contributed by atoms with Crippen molar-refractivity contribution in [1.29, 1.82) is 0 Å². The van der Waals surface area contributed by atoms with Crippen LogP contribution in [0.25, 0.3) is 6.08 Å². The van der Waals surface area contributed by atoms with E-state index in [1.165, 1.54) is 11.8 Å². The Morgan fingerprint density at radius 2 is 2.43 bits per heavy atom. The average Bonchev–Trinajstić information content (AvgIpc) is 2.15. The van der Waals surface area contributed by atoms with E-state index in [1.807, 2.05) is 24.3 Å². The third-order valence-electron chi connectivity index (χ3n) is 1.44. The van der Waals surface area contributed by atoms with Crippen LogP contribution in [0.1, 0.15) is 12.5 Å². The SMILES string of the molecule is CC(=O)SCC=Cc1ccc(Br)nc1. The Labute approximate surface area is 95.9 Å². The Hall–Kier alpha value is -0.610. The first kappa shape index (κ1) is 11.5. The second kappa shape index (κ2) is 5.98. The number of carbonyl (C=O) groups excluding carboxylic acids is 1. The molecule has 1 aromatic rings. The molecule has 0 aliphatic rings. The lowest BCUT2D eigenvalue weighted by molar-refractivity contribution is -0.109. The first-order chi connectivity index (χ1) is 6.68. The van der Waals surface area contributed by atoms with Gasteiger partial charge in [-0.2, -0.15) is 0 Å². The average molecular weight is 272 g/mol. The molecule has 0 bridgehead atoms. The summed E-state index contributed by atoms with van der Waals surface area (Å²) < 4.78 is 0.827. The molecule has 0 amide bonds. The molecule has 4 heteroatoms. The summed E-state index contributed by atoms with van der Waals surface area (Å²) in [6.45, 7) is 1.57. The minimum absolute atomic E-state index is 0.142. The third-order valence-corrected chi connectivity index (χ3v) is 2.68. The van der Waals surface area contributed by atoms with Crippen LogP contribution in [0, 0.1) is 0 Å². The number of aromatic nitrogens is 1. The number of nitrogens with zero attached hydrogens (tertiary/aromatic N) is 1. The van der Waals surface area contributed by atoms with Crippen molar-refractivity contribution < 1.29 is 4.79 Å². The summed E-state index contributed by atoms with van der Waals surface area (Å²) >= 11 is 4.56. The van der Waals surface area contributed by atoms with Gasteiger partial charge in [0.1, 0.15) is 4.60 Å². The van der Waals surface area contributed by atoms with E-state index in [0.717, 1.165) is 10.2 Å². The highest BCUT2D eigenvalue weighted by Crippen LogP contribution is 2.08. The number of thioether (sulfide) groups is 1. The molecule has 0 aliphatic carbocycles. The zero-order valence-corrected chi connectivity index (χ0v) is 10.1. The molecule has 0 N–H and O–H groups in total. The van der Waals surface area contributed by atoms with Crippen LogP contribution in [-0.2, 0) is 4.79 Å². The van der Waals surface area contributed by atoms with Gasteiger partial charge in [0, 0.05) is 18.9 Å². The van der Waals surface area contributed by atoms with Crippen molar-refractivity contribution in [3.05, 3.63) is 34.6 Å². The van der Waals surface area contributed by atoms with Crippen LogP contribution >= 0.6 is 27.7 Å². The van der Waals surface area contributed by atoms with Gasteiger partial charge < -0.3 is 0 Å². The van der Waals surface area contributed by atoms with Gasteiger partial charge in [0.25, 0.3) is 0 Å². The van der Waals surface area contributed by atoms with E-state index in [-0.39, 0.29) is 5.12 Å². The van der Waals surface area contributed by atoms with E-state index in [1.54, 1.807) is 13.1 Å². The first-order valence-electron chi connectivity index (χ1n) is 4.10. The second-order valence-corrected chi connectivity index (χ2v) is 4.63. The van der Waals surface area contributed by atoms with E-state index in [4.69, 9.17) is 0 Å². The minimum Gasteiger partial charge on any atom is -0.288 e. The number of hydrogen-bond donors (Lipinski definition) is 0. The van der Waals surface area contributed by atoms with Crippen molar-refractivity contribution in [1.82, 2.24) is 4.98 Å². The van der Waals surface area contributed by atoms with E-state index in [0.29, 0.717) is 5.75 Å². The monoisotopic (exact) mass is 271 g/mol. The van der Waals surface area contributed by atoms with Crippen LogP contribution in [0.5, 0.6) is 0 Å². The molecule has 0 fully saturated rings. The summed E-state index contributed by atoms with van der Waals surface area (Å²) in [5, 5.41) is 0.142. The van der Waals surface area contributed by atoms with Crippen LogP contribution in [0.2, 0.25) is 0 Å². The van der Waals surface area contributed by atoms with Crippen LogP contribution in [0.15, 0.2) is 29.0 Å². The number of pyridine rings is 1. The Kier molecular flexibility index (Phi) is 4.90. The summed E-state index contributed by atoms with van der Waals surface area (Å²) in [6.07, 6.45) is 5.69. The lowest BCUT2D eigenvalue weighted by Gasteiger charge is -1.92. The Morgan fingerprint density at radius 1 is 1.64 bits per heavy atom. The van der Waals surface area contributed by atoms with Gasteiger partial charge in [0.2, 0.25) is 0 Å². The van der Waals surface area contributed by atoms with Crippen molar-refractivity contribution in [3.8, 4) is 0 Å². The lowest BCUT2D eigenvalue weighted by atomic mass is 10.3. The highest BCUT2D eigenvalue weighted by atomic mass is 79.9. The smallest absolute Gasteiger partial charge is 0.186 e. The molecule has 0 spiro atoms. The van der Waals surface area contributed by atoms with Crippen molar-refractivity contribution >= 4 is 38.9 Å². The largest absolute Gasteiger partial charge is 0.288 e. The molecule has 0 aromatic carbocycles.